The zero-order valence-corrected chi connectivity index (χ0v) is 14.3. The third kappa shape index (κ3) is 3.39. The summed E-state index contributed by atoms with van der Waals surface area (Å²) in [6, 6.07) is 9.82. The average molecular weight is 336 g/mol. The Morgan fingerprint density at radius 1 is 1.16 bits per heavy atom. The SMILES string of the molecule is Cc1cc(N2CCO[C@@H](c3ccc(C)o3)C2)nc(-c2cccnc2)n1. The number of anilines is 1. The van der Waals surface area contributed by atoms with Crippen LogP contribution in [0.5, 0.6) is 0 Å². The van der Waals surface area contributed by atoms with Crippen LogP contribution in [0.1, 0.15) is 23.3 Å². The molecule has 128 valence electrons. The van der Waals surface area contributed by atoms with Crippen molar-refractivity contribution in [2.45, 2.75) is 20.0 Å². The molecular formula is C19H20N4O2. The molecule has 1 aliphatic rings. The van der Waals surface area contributed by atoms with E-state index in [2.05, 4.69) is 14.9 Å². The number of nitrogens with zero attached hydrogens (tertiary/aromatic N) is 4. The van der Waals surface area contributed by atoms with E-state index in [-0.39, 0.29) is 6.10 Å². The van der Waals surface area contributed by atoms with E-state index in [1.165, 1.54) is 0 Å². The first kappa shape index (κ1) is 15.8. The van der Waals surface area contributed by atoms with Crippen LogP contribution in [-0.2, 0) is 4.74 Å². The molecule has 0 aromatic carbocycles. The maximum atomic E-state index is 5.89. The van der Waals surface area contributed by atoms with E-state index >= 15 is 0 Å². The van der Waals surface area contributed by atoms with Crippen LogP contribution in [0.25, 0.3) is 11.4 Å². The number of morpholine rings is 1. The summed E-state index contributed by atoms with van der Waals surface area (Å²) >= 11 is 0. The number of hydrogen-bond acceptors (Lipinski definition) is 6. The third-order valence-electron chi connectivity index (χ3n) is 4.23. The summed E-state index contributed by atoms with van der Waals surface area (Å²) < 4.78 is 11.6. The molecule has 0 aliphatic carbocycles. The fourth-order valence-corrected chi connectivity index (χ4v) is 2.99. The van der Waals surface area contributed by atoms with E-state index in [4.69, 9.17) is 14.1 Å². The van der Waals surface area contributed by atoms with Crippen LogP contribution in [0, 0.1) is 13.8 Å². The molecule has 1 fully saturated rings. The van der Waals surface area contributed by atoms with E-state index in [0.717, 1.165) is 35.1 Å². The molecule has 1 atom stereocenters. The van der Waals surface area contributed by atoms with Gasteiger partial charge in [0.2, 0.25) is 0 Å². The van der Waals surface area contributed by atoms with Gasteiger partial charge in [0.05, 0.1) is 13.2 Å². The minimum atomic E-state index is -0.0837. The van der Waals surface area contributed by atoms with Crippen LogP contribution in [0.2, 0.25) is 0 Å². The number of hydrogen-bond donors (Lipinski definition) is 0. The summed E-state index contributed by atoms with van der Waals surface area (Å²) in [5.74, 6) is 3.36. The summed E-state index contributed by atoms with van der Waals surface area (Å²) in [7, 11) is 0. The highest BCUT2D eigenvalue weighted by Crippen LogP contribution is 2.27. The fourth-order valence-electron chi connectivity index (χ4n) is 2.99. The molecule has 1 saturated heterocycles. The lowest BCUT2D eigenvalue weighted by molar-refractivity contribution is 0.0250. The first-order valence-corrected chi connectivity index (χ1v) is 8.38. The second kappa shape index (κ2) is 6.64. The highest BCUT2D eigenvalue weighted by atomic mass is 16.5. The molecule has 0 N–H and O–H groups in total. The largest absolute Gasteiger partial charge is 0.464 e. The molecule has 6 heteroatoms. The van der Waals surface area contributed by atoms with Gasteiger partial charge >= 0.3 is 0 Å². The normalized spacial score (nSPS) is 17.7. The van der Waals surface area contributed by atoms with Crippen molar-refractivity contribution in [3.05, 3.63) is 59.9 Å². The molecule has 0 radical (unpaired) electrons. The standard InChI is InChI=1S/C19H20N4O2/c1-13-10-18(22-19(21-13)15-4-3-7-20-11-15)23-8-9-24-17(12-23)16-6-5-14(2)25-16/h3-7,10-11,17H,8-9,12H2,1-2H3/t17-/m1/s1. The molecule has 1 aliphatic heterocycles. The lowest BCUT2D eigenvalue weighted by atomic mass is 10.2. The minimum absolute atomic E-state index is 0.0837. The van der Waals surface area contributed by atoms with Gasteiger partial charge in [-0.2, -0.15) is 0 Å². The summed E-state index contributed by atoms with van der Waals surface area (Å²) in [4.78, 5) is 15.7. The topological polar surface area (TPSA) is 64.3 Å². The summed E-state index contributed by atoms with van der Waals surface area (Å²) in [5, 5.41) is 0. The Kier molecular flexibility index (Phi) is 4.19. The summed E-state index contributed by atoms with van der Waals surface area (Å²) in [6.45, 7) is 6.06. The molecule has 3 aromatic rings. The predicted molar refractivity (Wildman–Crippen MR) is 94.4 cm³/mol. The first-order valence-electron chi connectivity index (χ1n) is 8.38. The highest BCUT2D eigenvalue weighted by Gasteiger charge is 2.25. The molecule has 3 aromatic heterocycles. The van der Waals surface area contributed by atoms with Crippen molar-refractivity contribution in [1.29, 1.82) is 0 Å². The van der Waals surface area contributed by atoms with E-state index in [1.807, 2.05) is 44.2 Å². The van der Waals surface area contributed by atoms with Crippen LogP contribution in [0.15, 0.2) is 47.1 Å². The van der Waals surface area contributed by atoms with Crippen molar-refractivity contribution < 1.29 is 9.15 Å². The predicted octanol–water partition coefficient (Wildman–Crippen LogP) is 3.33. The van der Waals surface area contributed by atoms with Gasteiger partial charge in [-0.05, 0) is 38.1 Å². The Labute approximate surface area is 146 Å². The molecule has 0 saturated carbocycles. The average Bonchev–Trinajstić information content (AvgIpc) is 3.08. The number of rotatable bonds is 3. The Hall–Kier alpha value is -2.73. The summed E-state index contributed by atoms with van der Waals surface area (Å²) in [5.41, 5.74) is 1.85. The van der Waals surface area contributed by atoms with Crippen molar-refractivity contribution in [3.8, 4) is 11.4 Å². The van der Waals surface area contributed by atoms with Crippen LogP contribution < -0.4 is 4.90 Å². The Morgan fingerprint density at radius 2 is 2.08 bits per heavy atom. The van der Waals surface area contributed by atoms with Crippen molar-refractivity contribution >= 4 is 5.82 Å². The number of ether oxygens (including phenoxy) is 1. The van der Waals surface area contributed by atoms with Gasteiger partial charge in [0.25, 0.3) is 0 Å². The molecule has 25 heavy (non-hydrogen) atoms. The third-order valence-corrected chi connectivity index (χ3v) is 4.23. The molecule has 0 spiro atoms. The van der Waals surface area contributed by atoms with E-state index in [9.17, 15) is 0 Å². The van der Waals surface area contributed by atoms with Crippen LogP contribution >= 0.6 is 0 Å². The Balaban J connectivity index is 1.61. The molecule has 4 rings (SSSR count). The maximum Gasteiger partial charge on any atom is 0.163 e. The molecule has 0 amide bonds. The van der Waals surface area contributed by atoms with Crippen LogP contribution in [0.3, 0.4) is 0 Å². The lowest BCUT2D eigenvalue weighted by Crippen LogP contribution is -2.38. The fraction of sp³-hybridized carbons (Fsp3) is 0.316. The molecule has 6 nitrogen and oxygen atoms in total. The van der Waals surface area contributed by atoms with Gasteiger partial charge in [-0.3, -0.25) is 4.98 Å². The van der Waals surface area contributed by atoms with Crippen molar-refractivity contribution in [1.82, 2.24) is 15.0 Å². The molecule has 0 bridgehead atoms. The zero-order chi connectivity index (χ0) is 17.2. The monoisotopic (exact) mass is 336 g/mol. The smallest absolute Gasteiger partial charge is 0.163 e. The lowest BCUT2D eigenvalue weighted by Gasteiger charge is -2.33. The molecule has 4 heterocycles. The van der Waals surface area contributed by atoms with Gasteiger partial charge in [-0.1, -0.05) is 0 Å². The van der Waals surface area contributed by atoms with Gasteiger partial charge < -0.3 is 14.1 Å². The van der Waals surface area contributed by atoms with Crippen molar-refractivity contribution in [2.24, 2.45) is 0 Å². The van der Waals surface area contributed by atoms with Gasteiger partial charge in [0.15, 0.2) is 5.82 Å². The second-order valence-corrected chi connectivity index (χ2v) is 6.19. The van der Waals surface area contributed by atoms with Gasteiger partial charge in [-0.15, -0.1) is 0 Å². The molecule has 0 unspecified atom stereocenters. The number of aryl methyl sites for hydroxylation is 2. The van der Waals surface area contributed by atoms with E-state index < -0.39 is 0 Å². The zero-order valence-electron chi connectivity index (χ0n) is 14.3. The minimum Gasteiger partial charge on any atom is -0.464 e. The molecular weight excluding hydrogens is 316 g/mol. The van der Waals surface area contributed by atoms with Crippen LogP contribution in [-0.4, -0.2) is 34.6 Å². The number of furan rings is 1. The Bertz CT molecular complexity index is 863. The van der Waals surface area contributed by atoms with E-state index in [0.29, 0.717) is 19.0 Å². The van der Waals surface area contributed by atoms with Crippen LogP contribution in [0.4, 0.5) is 5.82 Å². The van der Waals surface area contributed by atoms with Gasteiger partial charge in [0.1, 0.15) is 23.4 Å². The van der Waals surface area contributed by atoms with E-state index in [1.54, 1.807) is 12.4 Å². The summed E-state index contributed by atoms with van der Waals surface area (Å²) in [6.07, 6.45) is 3.45. The Morgan fingerprint density at radius 3 is 2.84 bits per heavy atom. The number of aromatic nitrogens is 3. The maximum absolute atomic E-state index is 5.89. The first-order chi connectivity index (χ1) is 12.2. The number of pyridine rings is 1. The van der Waals surface area contributed by atoms with Gasteiger partial charge in [0, 0.05) is 36.3 Å². The highest BCUT2D eigenvalue weighted by molar-refractivity contribution is 5.56. The van der Waals surface area contributed by atoms with Gasteiger partial charge in [-0.25, -0.2) is 9.97 Å². The van der Waals surface area contributed by atoms with Crippen molar-refractivity contribution in [3.63, 3.8) is 0 Å². The second-order valence-electron chi connectivity index (χ2n) is 6.19. The van der Waals surface area contributed by atoms with Crippen molar-refractivity contribution in [2.75, 3.05) is 24.6 Å². The quantitative estimate of drug-likeness (QED) is 0.731.